The first-order valence-corrected chi connectivity index (χ1v) is 26.1. The average Bonchev–Trinajstić information content (AvgIpc) is 3.12. The van der Waals surface area contributed by atoms with Crippen LogP contribution in [0.3, 0.4) is 0 Å². The van der Waals surface area contributed by atoms with Crippen LogP contribution in [0.5, 0.6) is 0 Å². The van der Waals surface area contributed by atoms with Crippen LogP contribution < -0.4 is 5.32 Å². The molecule has 0 spiro atoms. The highest BCUT2D eigenvalue weighted by Gasteiger charge is 2.31. The molecule has 4 rings (SSSR count). The molecule has 0 radical (unpaired) electrons. The summed E-state index contributed by atoms with van der Waals surface area (Å²) < 4.78 is 5.77. The molecule has 64 heavy (non-hydrogen) atoms. The molecule has 10 heteroatoms. The van der Waals surface area contributed by atoms with Crippen LogP contribution in [0.2, 0.25) is 0 Å². The summed E-state index contributed by atoms with van der Waals surface area (Å²) in [5.74, 6) is 0. The van der Waals surface area contributed by atoms with Gasteiger partial charge in [-0.3, -0.25) is 34.3 Å². The highest BCUT2D eigenvalue weighted by molar-refractivity contribution is 4.88. The molecule has 4 saturated heterocycles. The van der Waals surface area contributed by atoms with E-state index in [0.717, 1.165) is 19.7 Å². The summed E-state index contributed by atoms with van der Waals surface area (Å²) in [5.41, 5.74) is 2.37. The van der Waals surface area contributed by atoms with Crippen molar-refractivity contribution in [1.29, 1.82) is 0 Å². The number of rotatable bonds is 8. The first-order valence-electron chi connectivity index (χ1n) is 26.1. The second-order valence-electron chi connectivity index (χ2n) is 27.8. The predicted molar refractivity (Wildman–Crippen MR) is 283 cm³/mol. The largest absolute Gasteiger partial charge is 0.375 e. The average molecular weight is 909 g/mol. The van der Waals surface area contributed by atoms with E-state index >= 15 is 0 Å². The molecular formula is C54H117N9O. The Bertz CT molecular complexity index is 1120. The fourth-order valence-electron chi connectivity index (χ4n) is 8.54. The van der Waals surface area contributed by atoms with Gasteiger partial charge < -0.3 is 15.0 Å². The summed E-state index contributed by atoms with van der Waals surface area (Å²) in [6.07, 6.45) is 1.31. The topological polar surface area (TPSA) is 47.2 Å². The molecule has 0 atom stereocenters. The number of hydrogen-bond acceptors (Lipinski definition) is 10. The Kier molecular flexibility index (Phi) is 25.0. The summed E-state index contributed by atoms with van der Waals surface area (Å²) >= 11 is 0. The van der Waals surface area contributed by atoms with Crippen LogP contribution in [0.4, 0.5) is 0 Å². The number of nitrogens with zero attached hydrogens (tertiary/aromatic N) is 8. The van der Waals surface area contributed by atoms with E-state index in [4.69, 9.17) is 4.74 Å². The van der Waals surface area contributed by atoms with Gasteiger partial charge in [0.2, 0.25) is 0 Å². The van der Waals surface area contributed by atoms with E-state index in [0.29, 0.717) is 33.1 Å². The fourth-order valence-corrected chi connectivity index (χ4v) is 8.54. The van der Waals surface area contributed by atoms with Crippen molar-refractivity contribution in [1.82, 2.24) is 44.5 Å². The van der Waals surface area contributed by atoms with E-state index in [1.807, 2.05) is 0 Å². The Morgan fingerprint density at radius 1 is 0.328 bits per heavy atom. The quantitative estimate of drug-likeness (QED) is 0.256. The lowest BCUT2D eigenvalue weighted by atomic mass is 9.92. The van der Waals surface area contributed by atoms with Gasteiger partial charge in [0.15, 0.2) is 0 Å². The third-order valence-electron chi connectivity index (χ3n) is 13.3. The Labute approximate surface area is 402 Å². The third-order valence-corrected chi connectivity index (χ3v) is 13.3. The Morgan fingerprint density at radius 2 is 0.578 bits per heavy atom. The third kappa shape index (κ3) is 28.2. The first kappa shape index (κ1) is 61.6. The van der Waals surface area contributed by atoms with E-state index in [9.17, 15) is 0 Å². The molecule has 4 fully saturated rings. The summed E-state index contributed by atoms with van der Waals surface area (Å²) in [4.78, 5) is 20.6. The van der Waals surface area contributed by atoms with Crippen LogP contribution in [0.25, 0.3) is 0 Å². The van der Waals surface area contributed by atoms with Crippen molar-refractivity contribution < 1.29 is 4.74 Å². The molecular weight excluding hydrogens is 791 g/mol. The molecule has 384 valence electrons. The van der Waals surface area contributed by atoms with Crippen LogP contribution in [0.1, 0.15) is 173 Å². The molecule has 0 saturated carbocycles. The van der Waals surface area contributed by atoms with Gasteiger partial charge in [0.05, 0.1) is 12.2 Å². The van der Waals surface area contributed by atoms with E-state index in [1.165, 1.54) is 124 Å². The molecule has 0 aliphatic carbocycles. The fraction of sp³-hybridized carbons (Fsp3) is 1.00. The van der Waals surface area contributed by atoms with Gasteiger partial charge in [-0.05, 0) is 164 Å². The van der Waals surface area contributed by atoms with Gasteiger partial charge in [-0.2, -0.15) is 0 Å². The zero-order chi connectivity index (χ0) is 49.6. The Balaban J connectivity index is 0.000000428. The molecule has 0 bridgehead atoms. The lowest BCUT2D eigenvalue weighted by Gasteiger charge is -2.46. The maximum Gasteiger partial charge on any atom is 0.0600 e. The monoisotopic (exact) mass is 908 g/mol. The van der Waals surface area contributed by atoms with Crippen LogP contribution in [0, 0.1) is 5.41 Å². The van der Waals surface area contributed by atoms with Gasteiger partial charge in [0, 0.05) is 158 Å². The maximum atomic E-state index is 5.77. The normalized spacial score (nSPS) is 21.4. The smallest absolute Gasteiger partial charge is 0.0600 e. The van der Waals surface area contributed by atoms with Crippen molar-refractivity contribution in [3.63, 3.8) is 0 Å². The molecule has 10 nitrogen and oxygen atoms in total. The van der Waals surface area contributed by atoms with E-state index in [-0.39, 0.29) is 11.1 Å². The van der Waals surface area contributed by atoms with Crippen LogP contribution in [-0.2, 0) is 4.74 Å². The number of piperazine rings is 4. The first-order chi connectivity index (χ1) is 28.8. The van der Waals surface area contributed by atoms with Gasteiger partial charge in [-0.25, -0.2) is 0 Å². The molecule has 0 aromatic rings. The minimum Gasteiger partial charge on any atom is -0.375 e. The van der Waals surface area contributed by atoms with Crippen molar-refractivity contribution in [2.45, 2.75) is 211 Å². The Hall–Kier alpha value is -0.400. The minimum atomic E-state index is -0.00671. The predicted octanol–water partition coefficient (Wildman–Crippen LogP) is 9.05. The molecule has 4 aliphatic rings. The Morgan fingerprint density at radius 3 is 0.812 bits per heavy atom. The highest BCUT2D eigenvalue weighted by Crippen LogP contribution is 2.23. The summed E-state index contributed by atoms with van der Waals surface area (Å²) in [5, 5.41) is 3.56. The molecule has 0 amide bonds. The minimum absolute atomic E-state index is 0.00671. The van der Waals surface area contributed by atoms with Gasteiger partial charge >= 0.3 is 0 Å². The van der Waals surface area contributed by atoms with Gasteiger partial charge in [0.25, 0.3) is 0 Å². The second kappa shape index (κ2) is 26.0. The summed E-state index contributed by atoms with van der Waals surface area (Å²) in [7, 11) is 0. The standard InChI is InChI=1S/C14H31N3.C14H30N2O.C14H30N2.C12H26N2/c1-13(2,3)15-7-8-16-9-11-17(12-10-16)14(4,5)6;1-13(2,3)16-9-7-15(8-10-16)11-12-17-14(4,5)6;1-13(2,3)7-8-15-9-11-16(12-10-15)14(4,5)6;1-11(2,3)13-7-9-14(10-8-13)12(4,5)6/h15H,7-12H2,1-6H3;7-12H2,1-6H3;7-12H2,1-6H3;7-10H2,1-6H3. The summed E-state index contributed by atoms with van der Waals surface area (Å²) in [6.45, 7) is 79.4. The molecule has 1 N–H and O–H groups in total. The van der Waals surface area contributed by atoms with Crippen LogP contribution >= 0.6 is 0 Å². The van der Waals surface area contributed by atoms with Crippen molar-refractivity contribution in [3.8, 4) is 0 Å². The lowest BCUT2D eigenvalue weighted by molar-refractivity contribution is -0.0219. The van der Waals surface area contributed by atoms with Gasteiger partial charge in [-0.15, -0.1) is 0 Å². The number of nitrogens with one attached hydrogen (secondary N) is 1. The number of ether oxygens (including phenoxy) is 1. The van der Waals surface area contributed by atoms with Gasteiger partial charge in [-0.1, -0.05) is 20.8 Å². The zero-order valence-corrected chi connectivity index (χ0v) is 48.0. The lowest BCUT2D eigenvalue weighted by Crippen LogP contribution is -2.57. The van der Waals surface area contributed by atoms with Crippen molar-refractivity contribution in [3.05, 3.63) is 0 Å². The molecule has 0 aromatic heterocycles. The maximum absolute atomic E-state index is 5.77. The van der Waals surface area contributed by atoms with E-state index in [1.54, 1.807) is 0 Å². The molecule has 0 aromatic carbocycles. The van der Waals surface area contributed by atoms with Crippen LogP contribution in [0.15, 0.2) is 0 Å². The molecule has 4 aliphatic heterocycles. The summed E-state index contributed by atoms with van der Waals surface area (Å²) in [6, 6.07) is 0. The van der Waals surface area contributed by atoms with Crippen molar-refractivity contribution in [2.24, 2.45) is 5.41 Å². The SMILES string of the molecule is CC(C)(C)CCN1CCN(C(C)(C)C)CC1.CC(C)(C)N1CCN(C(C)(C)C)CC1.CC(C)(C)NCCN1CCN(C(C)(C)C)CC1.CC(C)(C)OCCN1CCN(C(C)(C)C)CC1. The number of hydrogen-bond donors (Lipinski definition) is 1. The highest BCUT2D eigenvalue weighted by atomic mass is 16.5. The second-order valence-corrected chi connectivity index (χ2v) is 27.8. The van der Waals surface area contributed by atoms with E-state index < -0.39 is 0 Å². The zero-order valence-electron chi connectivity index (χ0n) is 48.0. The van der Waals surface area contributed by atoms with Crippen LogP contribution in [-0.4, -0.2) is 216 Å². The van der Waals surface area contributed by atoms with E-state index in [2.05, 4.69) is 211 Å². The molecule has 4 heterocycles. The van der Waals surface area contributed by atoms with Crippen molar-refractivity contribution >= 4 is 0 Å². The van der Waals surface area contributed by atoms with Crippen molar-refractivity contribution in [2.75, 3.05) is 138 Å². The van der Waals surface area contributed by atoms with Gasteiger partial charge in [0.1, 0.15) is 0 Å². The molecule has 0 unspecified atom stereocenters.